The molecule has 30 heavy (non-hydrogen) atoms. The van der Waals surface area contributed by atoms with E-state index < -0.39 is 11.9 Å². The van der Waals surface area contributed by atoms with Crippen molar-refractivity contribution < 1.29 is 14.7 Å². The van der Waals surface area contributed by atoms with E-state index in [0.717, 1.165) is 15.9 Å². The molecule has 0 atom stereocenters. The fourth-order valence-corrected chi connectivity index (χ4v) is 3.41. The number of carboxylic acids is 1. The van der Waals surface area contributed by atoms with E-state index in [-0.39, 0.29) is 11.1 Å². The molecular formula is C23H18BrN3O3. The number of rotatable bonds is 5. The van der Waals surface area contributed by atoms with Crippen LogP contribution in [0.3, 0.4) is 0 Å². The molecule has 0 unspecified atom stereocenters. The third-order valence-corrected chi connectivity index (χ3v) is 5.12. The Morgan fingerprint density at radius 3 is 2.47 bits per heavy atom. The molecule has 1 amide bonds. The van der Waals surface area contributed by atoms with Gasteiger partial charge in [0.15, 0.2) is 0 Å². The second-order valence-corrected chi connectivity index (χ2v) is 7.56. The Kier molecular flexibility index (Phi) is 6.19. The number of nitrogens with zero attached hydrogens (tertiary/aromatic N) is 2. The first kappa shape index (κ1) is 21.1. The zero-order valence-corrected chi connectivity index (χ0v) is 17.9. The van der Waals surface area contributed by atoms with Crippen LogP contribution in [0.5, 0.6) is 0 Å². The molecule has 7 heteroatoms. The lowest BCUT2D eigenvalue weighted by atomic mass is 10.1. The number of carbonyl (C=O) groups excluding carboxylic acids is 1. The first-order valence-corrected chi connectivity index (χ1v) is 9.81. The van der Waals surface area contributed by atoms with Crippen molar-refractivity contribution in [2.75, 3.05) is 5.32 Å². The van der Waals surface area contributed by atoms with Gasteiger partial charge in [-0.25, -0.2) is 4.79 Å². The monoisotopic (exact) mass is 463 g/mol. The molecule has 150 valence electrons. The maximum atomic E-state index is 12.5. The normalized spacial score (nSPS) is 11.1. The van der Waals surface area contributed by atoms with E-state index in [4.69, 9.17) is 0 Å². The van der Waals surface area contributed by atoms with E-state index in [2.05, 4.69) is 21.2 Å². The summed E-state index contributed by atoms with van der Waals surface area (Å²) >= 11 is 3.34. The van der Waals surface area contributed by atoms with Crippen LogP contribution in [0.25, 0.3) is 11.8 Å². The highest BCUT2D eigenvalue weighted by Crippen LogP contribution is 2.24. The van der Waals surface area contributed by atoms with E-state index in [9.17, 15) is 20.0 Å². The predicted octanol–water partition coefficient (Wildman–Crippen LogP) is 5.10. The molecule has 2 N–H and O–H groups in total. The number of aromatic nitrogens is 1. The molecule has 0 radical (unpaired) electrons. The van der Waals surface area contributed by atoms with Crippen LogP contribution in [-0.4, -0.2) is 21.6 Å². The van der Waals surface area contributed by atoms with Gasteiger partial charge in [-0.15, -0.1) is 0 Å². The summed E-state index contributed by atoms with van der Waals surface area (Å²) in [5.41, 5.74) is 3.78. The number of halogens is 1. The number of hydrogen-bond acceptors (Lipinski definition) is 3. The molecule has 2 aromatic carbocycles. The molecule has 0 aliphatic heterocycles. The zero-order valence-electron chi connectivity index (χ0n) is 16.3. The van der Waals surface area contributed by atoms with Gasteiger partial charge in [-0.3, -0.25) is 4.79 Å². The highest BCUT2D eigenvalue weighted by molar-refractivity contribution is 9.10. The predicted molar refractivity (Wildman–Crippen MR) is 119 cm³/mol. The molecule has 3 rings (SSSR count). The average Bonchev–Trinajstić information content (AvgIpc) is 3.00. The second-order valence-electron chi connectivity index (χ2n) is 6.65. The number of benzene rings is 2. The standard InChI is InChI=1S/C23H18BrN3O3/c1-14-10-17(15(2)27(14)21-5-3-4-16(12-21)23(29)30)11-18(13-25)22(28)26-20-8-6-19(24)7-9-20/h3-12H,1-2H3,(H,26,28)(H,29,30)/b18-11+. The number of hydrogen-bond donors (Lipinski definition) is 2. The average molecular weight is 464 g/mol. The quantitative estimate of drug-likeness (QED) is 0.406. The molecule has 0 saturated heterocycles. The van der Waals surface area contributed by atoms with Crippen molar-refractivity contribution in [3.63, 3.8) is 0 Å². The van der Waals surface area contributed by atoms with E-state index >= 15 is 0 Å². The summed E-state index contributed by atoms with van der Waals surface area (Å²) in [6, 6.07) is 17.5. The molecule has 0 aliphatic carbocycles. The summed E-state index contributed by atoms with van der Waals surface area (Å²) in [5.74, 6) is -1.51. The third kappa shape index (κ3) is 4.50. The minimum absolute atomic E-state index is 0.0301. The smallest absolute Gasteiger partial charge is 0.335 e. The second kappa shape index (κ2) is 8.80. The summed E-state index contributed by atoms with van der Waals surface area (Å²) < 4.78 is 2.77. The molecule has 3 aromatic rings. The molecule has 0 fully saturated rings. The molecule has 0 aliphatic rings. The number of carboxylic acid groups (broad SMARTS) is 1. The van der Waals surface area contributed by atoms with Gasteiger partial charge in [0, 0.05) is 27.2 Å². The van der Waals surface area contributed by atoms with Crippen LogP contribution in [0.15, 0.2) is 64.6 Å². The van der Waals surface area contributed by atoms with Crippen molar-refractivity contribution in [2.24, 2.45) is 0 Å². The summed E-state index contributed by atoms with van der Waals surface area (Å²) in [6.07, 6.45) is 1.54. The van der Waals surface area contributed by atoms with E-state index in [1.165, 1.54) is 12.1 Å². The van der Waals surface area contributed by atoms with Crippen molar-refractivity contribution in [1.29, 1.82) is 5.26 Å². The number of aromatic carboxylic acids is 1. The molecule has 1 heterocycles. The number of nitrogens with one attached hydrogen (secondary N) is 1. The number of nitriles is 1. The van der Waals surface area contributed by atoms with Crippen LogP contribution in [-0.2, 0) is 4.79 Å². The van der Waals surface area contributed by atoms with Crippen molar-refractivity contribution in [3.8, 4) is 11.8 Å². The Labute approximate surface area is 182 Å². The lowest BCUT2D eigenvalue weighted by Gasteiger charge is -2.10. The van der Waals surface area contributed by atoms with Gasteiger partial charge in [0.1, 0.15) is 11.6 Å². The first-order chi connectivity index (χ1) is 14.3. The summed E-state index contributed by atoms with van der Waals surface area (Å²) in [6.45, 7) is 3.74. The summed E-state index contributed by atoms with van der Waals surface area (Å²) in [7, 11) is 0. The number of anilines is 1. The molecule has 0 bridgehead atoms. The largest absolute Gasteiger partial charge is 0.478 e. The molecule has 1 aromatic heterocycles. The minimum atomic E-state index is -1.00. The van der Waals surface area contributed by atoms with Crippen LogP contribution in [0, 0.1) is 25.2 Å². The Bertz CT molecular complexity index is 1200. The molecule has 0 spiro atoms. The zero-order chi connectivity index (χ0) is 21.8. The van der Waals surface area contributed by atoms with Gasteiger partial charge in [0.25, 0.3) is 5.91 Å². The van der Waals surface area contributed by atoms with Crippen molar-refractivity contribution in [2.45, 2.75) is 13.8 Å². The Balaban J connectivity index is 1.94. The Morgan fingerprint density at radius 2 is 1.83 bits per heavy atom. The number of carbonyl (C=O) groups is 2. The van der Waals surface area contributed by atoms with Gasteiger partial charge in [-0.1, -0.05) is 22.0 Å². The topological polar surface area (TPSA) is 95.1 Å². The van der Waals surface area contributed by atoms with Gasteiger partial charge in [0.05, 0.1) is 5.56 Å². The molecule has 0 saturated carbocycles. The Morgan fingerprint density at radius 1 is 1.13 bits per heavy atom. The lowest BCUT2D eigenvalue weighted by Crippen LogP contribution is -2.13. The van der Waals surface area contributed by atoms with Gasteiger partial charge < -0.3 is 15.0 Å². The fraction of sp³-hybridized carbons (Fsp3) is 0.0870. The first-order valence-electron chi connectivity index (χ1n) is 9.01. The highest BCUT2D eigenvalue weighted by Gasteiger charge is 2.15. The van der Waals surface area contributed by atoms with Gasteiger partial charge in [-0.05, 0) is 74.0 Å². The fourth-order valence-electron chi connectivity index (χ4n) is 3.14. The number of aryl methyl sites for hydroxylation is 1. The van der Waals surface area contributed by atoms with Crippen LogP contribution >= 0.6 is 15.9 Å². The van der Waals surface area contributed by atoms with Crippen molar-refractivity contribution >= 4 is 39.6 Å². The van der Waals surface area contributed by atoms with E-state index in [1.807, 2.05) is 36.6 Å². The van der Waals surface area contributed by atoms with Crippen LogP contribution < -0.4 is 5.32 Å². The summed E-state index contributed by atoms with van der Waals surface area (Å²) in [4.78, 5) is 23.8. The highest BCUT2D eigenvalue weighted by atomic mass is 79.9. The third-order valence-electron chi connectivity index (χ3n) is 4.59. The van der Waals surface area contributed by atoms with Crippen molar-refractivity contribution in [1.82, 2.24) is 4.57 Å². The van der Waals surface area contributed by atoms with E-state index in [1.54, 1.807) is 36.4 Å². The van der Waals surface area contributed by atoms with Crippen LogP contribution in [0.1, 0.15) is 27.3 Å². The SMILES string of the molecule is Cc1cc(/C=C(\C#N)C(=O)Nc2ccc(Br)cc2)c(C)n1-c1cccc(C(=O)O)c1. The van der Waals surface area contributed by atoms with E-state index in [0.29, 0.717) is 16.9 Å². The maximum absolute atomic E-state index is 12.5. The van der Waals surface area contributed by atoms with Crippen LogP contribution in [0.2, 0.25) is 0 Å². The minimum Gasteiger partial charge on any atom is -0.478 e. The lowest BCUT2D eigenvalue weighted by molar-refractivity contribution is -0.112. The number of amides is 1. The Hall–Kier alpha value is -3.63. The molecule has 6 nitrogen and oxygen atoms in total. The van der Waals surface area contributed by atoms with Crippen LogP contribution in [0.4, 0.5) is 5.69 Å². The van der Waals surface area contributed by atoms with Crippen molar-refractivity contribution in [3.05, 3.63) is 87.2 Å². The molecular weight excluding hydrogens is 446 g/mol. The van der Waals surface area contributed by atoms with Gasteiger partial charge in [0.2, 0.25) is 0 Å². The maximum Gasteiger partial charge on any atom is 0.335 e. The van der Waals surface area contributed by atoms with Gasteiger partial charge >= 0.3 is 5.97 Å². The summed E-state index contributed by atoms with van der Waals surface area (Å²) in [5, 5.41) is 21.5. The van der Waals surface area contributed by atoms with Gasteiger partial charge in [-0.2, -0.15) is 5.26 Å².